The van der Waals surface area contributed by atoms with E-state index in [0.29, 0.717) is 10.7 Å². The van der Waals surface area contributed by atoms with Gasteiger partial charge >= 0.3 is 0 Å². The number of nitro groups is 1. The largest absolute Gasteiger partial charge is 0.375 e. The molecule has 8 heteroatoms. The van der Waals surface area contributed by atoms with Crippen molar-refractivity contribution in [3.05, 3.63) is 51.0 Å². The fourth-order valence-electron chi connectivity index (χ4n) is 1.50. The molecule has 0 atom stereocenters. The number of nitrogens with one attached hydrogen (secondary N) is 1. The molecule has 0 radical (unpaired) electrons. The van der Waals surface area contributed by atoms with Crippen molar-refractivity contribution in [2.75, 3.05) is 5.73 Å². The minimum atomic E-state index is -0.484. The van der Waals surface area contributed by atoms with Gasteiger partial charge in [-0.2, -0.15) is 0 Å². The van der Waals surface area contributed by atoms with Gasteiger partial charge in [0.1, 0.15) is 5.69 Å². The summed E-state index contributed by atoms with van der Waals surface area (Å²) in [4.78, 5) is 25.9. The molecular weight excluding hydrogens is 268 g/mol. The predicted molar refractivity (Wildman–Crippen MR) is 70.8 cm³/mol. The summed E-state index contributed by atoms with van der Waals surface area (Å²) in [6.07, 6.45) is 0. The monoisotopic (exact) mass is 278 g/mol. The standard InChI is InChI=1S/C11H10N4O3S/c12-11-14-8(6-19-11)10(16)13-5-7-3-1-2-4-9(7)15(17)18/h1-4,6H,5H2,(H2,12,14)(H,13,16). The highest BCUT2D eigenvalue weighted by Crippen LogP contribution is 2.17. The van der Waals surface area contributed by atoms with Crippen LogP contribution in [0.1, 0.15) is 16.1 Å². The van der Waals surface area contributed by atoms with Gasteiger partial charge < -0.3 is 11.1 Å². The van der Waals surface area contributed by atoms with Crippen LogP contribution in [0, 0.1) is 10.1 Å². The molecule has 0 bridgehead atoms. The summed E-state index contributed by atoms with van der Waals surface area (Å²) in [6, 6.07) is 6.23. The summed E-state index contributed by atoms with van der Waals surface area (Å²) in [7, 11) is 0. The fraction of sp³-hybridized carbons (Fsp3) is 0.0909. The number of nitrogens with two attached hydrogens (primary N) is 1. The average molecular weight is 278 g/mol. The van der Waals surface area contributed by atoms with Crippen molar-refractivity contribution < 1.29 is 9.72 Å². The fourth-order valence-corrected chi connectivity index (χ4v) is 2.04. The average Bonchev–Trinajstić information content (AvgIpc) is 2.83. The summed E-state index contributed by atoms with van der Waals surface area (Å²) in [6.45, 7) is 0.0629. The number of carbonyl (C=O) groups is 1. The molecule has 0 unspecified atom stereocenters. The highest BCUT2D eigenvalue weighted by atomic mass is 32.1. The van der Waals surface area contributed by atoms with E-state index in [4.69, 9.17) is 5.73 Å². The molecule has 19 heavy (non-hydrogen) atoms. The number of anilines is 1. The quantitative estimate of drug-likeness (QED) is 0.651. The predicted octanol–water partition coefficient (Wildman–Crippen LogP) is 1.56. The number of para-hydroxylation sites is 1. The van der Waals surface area contributed by atoms with Crippen LogP contribution in [0.25, 0.3) is 0 Å². The van der Waals surface area contributed by atoms with Crippen molar-refractivity contribution in [1.29, 1.82) is 0 Å². The maximum absolute atomic E-state index is 11.7. The van der Waals surface area contributed by atoms with Gasteiger partial charge in [0.15, 0.2) is 5.13 Å². The Bertz CT molecular complexity index is 626. The highest BCUT2D eigenvalue weighted by molar-refractivity contribution is 7.13. The van der Waals surface area contributed by atoms with Gasteiger partial charge in [-0.05, 0) is 0 Å². The molecule has 1 amide bonds. The molecule has 7 nitrogen and oxygen atoms in total. The molecule has 1 aromatic heterocycles. The Morgan fingerprint density at radius 2 is 2.21 bits per heavy atom. The summed E-state index contributed by atoms with van der Waals surface area (Å²) in [5, 5.41) is 15.2. The molecule has 2 aromatic rings. The second kappa shape index (κ2) is 5.44. The number of hydrogen-bond acceptors (Lipinski definition) is 6. The molecule has 0 fully saturated rings. The molecule has 0 aliphatic rings. The lowest BCUT2D eigenvalue weighted by Crippen LogP contribution is -2.23. The molecule has 0 aliphatic carbocycles. The number of nitro benzene ring substituents is 1. The van der Waals surface area contributed by atoms with E-state index < -0.39 is 10.8 Å². The third-order valence-electron chi connectivity index (χ3n) is 2.38. The number of rotatable bonds is 4. The summed E-state index contributed by atoms with van der Waals surface area (Å²) >= 11 is 1.16. The van der Waals surface area contributed by atoms with Crippen molar-refractivity contribution in [3.63, 3.8) is 0 Å². The van der Waals surface area contributed by atoms with Gasteiger partial charge in [-0.25, -0.2) is 4.98 Å². The SMILES string of the molecule is Nc1nc(C(=O)NCc2ccccc2[N+](=O)[O-])cs1. The minimum absolute atomic E-state index is 0.0272. The van der Waals surface area contributed by atoms with E-state index >= 15 is 0 Å². The lowest BCUT2D eigenvalue weighted by molar-refractivity contribution is -0.385. The molecule has 0 spiro atoms. The van der Waals surface area contributed by atoms with Crippen LogP contribution < -0.4 is 11.1 Å². The molecule has 2 rings (SSSR count). The van der Waals surface area contributed by atoms with Crippen LogP contribution in [-0.4, -0.2) is 15.8 Å². The van der Waals surface area contributed by atoms with Crippen LogP contribution in [0.3, 0.4) is 0 Å². The van der Waals surface area contributed by atoms with Crippen LogP contribution in [-0.2, 0) is 6.54 Å². The molecule has 1 heterocycles. The van der Waals surface area contributed by atoms with E-state index in [1.54, 1.807) is 18.2 Å². The molecule has 0 saturated carbocycles. The number of aromatic nitrogens is 1. The molecular formula is C11H10N4O3S. The van der Waals surface area contributed by atoms with Crippen molar-refractivity contribution in [3.8, 4) is 0 Å². The summed E-state index contributed by atoms with van der Waals surface area (Å²) in [5.41, 5.74) is 6.04. The lowest BCUT2D eigenvalue weighted by Gasteiger charge is -2.04. The normalized spacial score (nSPS) is 10.1. The van der Waals surface area contributed by atoms with Crippen LogP contribution in [0.5, 0.6) is 0 Å². The maximum atomic E-state index is 11.7. The van der Waals surface area contributed by atoms with Crippen molar-refractivity contribution >= 4 is 28.1 Å². The Hall–Kier alpha value is -2.48. The first-order chi connectivity index (χ1) is 9.08. The Morgan fingerprint density at radius 1 is 1.47 bits per heavy atom. The van der Waals surface area contributed by atoms with Gasteiger partial charge in [-0.1, -0.05) is 18.2 Å². The number of thiazole rings is 1. The van der Waals surface area contributed by atoms with E-state index in [1.807, 2.05) is 0 Å². The van der Waals surface area contributed by atoms with Crippen LogP contribution in [0.4, 0.5) is 10.8 Å². The zero-order chi connectivity index (χ0) is 13.8. The Balaban J connectivity index is 2.07. The second-order valence-corrected chi connectivity index (χ2v) is 4.53. The number of carbonyl (C=O) groups excluding carboxylic acids is 1. The van der Waals surface area contributed by atoms with Gasteiger partial charge in [-0.15, -0.1) is 11.3 Å². The van der Waals surface area contributed by atoms with E-state index in [-0.39, 0.29) is 17.9 Å². The Labute approximate surface area is 112 Å². The number of hydrogen-bond donors (Lipinski definition) is 2. The zero-order valence-corrected chi connectivity index (χ0v) is 10.5. The van der Waals surface area contributed by atoms with Crippen LogP contribution >= 0.6 is 11.3 Å². The topological polar surface area (TPSA) is 111 Å². The number of amides is 1. The van der Waals surface area contributed by atoms with E-state index in [0.717, 1.165) is 11.3 Å². The molecule has 0 aliphatic heterocycles. The zero-order valence-electron chi connectivity index (χ0n) is 9.70. The molecule has 0 saturated heterocycles. The third kappa shape index (κ3) is 3.05. The van der Waals surface area contributed by atoms with Gasteiger partial charge in [0.2, 0.25) is 0 Å². The first kappa shape index (κ1) is 13.0. The van der Waals surface area contributed by atoms with Crippen molar-refractivity contribution in [1.82, 2.24) is 10.3 Å². The first-order valence-electron chi connectivity index (χ1n) is 5.29. The van der Waals surface area contributed by atoms with Gasteiger partial charge in [0.25, 0.3) is 11.6 Å². The lowest BCUT2D eigenvalue weighted by atomic mass is 10.2. The van der Waals surface area contributed by atoms with Gasteiger partial charge in [0.05, 0.1) is 4.92 Å². The van der Waals surface area contributed by atoms with E-state index in [9.17, 15) is 14.9 Å². The van der Waals surface area contributed by atoms with Crippen LogP contribution in [0.2, 0.25) is 0 Å². The maximum Gasteiger partial charge on any atom is 0.274 e. The Kier molecular flexibility index (Phi) is 3.71. The van der Waals surface area contributed by atoms with E-state index in [1.165, 1.54) is 11.4 Å². The van der Waals surface area contributed by atoms with Gasteiger partial charge in [0, 0.05) is 23.6 Å². The summed E-state index contributed by atoms with van der Waals surface area (Å²) in [5.74, 6) is -0.411. The second-order valence-electron chi connectivity index (χ2n) is 3.64. The van der Waals surface area contributed by atoms with Crippen molar-refractivity contribution in [2.45, 2.75) is 6.54 Å². The number of nitrogen functional groups attached to an aromatic ring is 1. The summed E-state index contributed by atoms with van der Waals surface area (Å²) < 4.78 is 0. The molecule has 1 aromatic carbocycles. The highest BCUT2D eigenvalue weighted by Gasteiger charge is 2.14. The van der Waals surface area contributed by atoms with Crippen LogP contribution in [0.15, 0.2) is 29.6 Å². The Morgan fingerprint density at radius 3 is 2.84 bits per heavy atom. The van der Waals surface area contributed by atoms with Crippen molar-refractivity contribution in [2.24, 2.45) is 0 Å². The molecule has 98 valence electrons. The van der Waals surface area contributed by atoms with E-state index in [2.05, 4.69) is 10.3 Å². The number of benzene rings is 1. The minimum Gasteiger partial charge on any atom is -0.375 e. The molecule has 3 N–H and O–H groups in total. The first-order valence-corrected chi connectivity index (χ1v) is 6.17. The van der Waals surface area contributed by atoms with Gasteiger partial charge in [-0.3, -0.25) is 14.9 Å². The number of nitrogens with zero attached hydrogens (tertiary/aromatic N) is 2. The third-order valence-corrected chi connectivity index (χ3v) is 3.06. The smallest absolute Gasteiger partial charge is 0.274 e.